The summed E-state index contributed by atoms with van der Waals surface area (Å²) in [4.78, 5) is 19.9. The van der Waals surface area contributed by atoms with Gasteiger partial charge in [0, 0.05) is 50.3 Å². The number of likely N-dealkylation sites (tertiary alicyclic amines) is 1. The van der Waals surface area contributed by atoms with Crippen molar-refractivity contribution in [3.05, 3.63) is 69.8 Å². The summed E-state index contributed by atoms with van der Waals surface area (Å²) in [6, 6.07) is 12.8. The Balaban J connectivity index is 1.58. The number of aryl methyl sites for hydroxylation is 1. The van der Waals surface area contributed by atoms with Gasteiger partial charge in [-0.15, -0.1) is 0 Å². The third kappa shape index (κ3) is 4.97. The number of nitriles is 1. The lowest BCUT2D eigenvalue weighted by atomic mass is 9.77. The standard InChI is InChI=1S/C28H32FN5O/c1-4-32-26(33-31-3)25-17-23(19(2)16-24(25)21-6-5-7-21)27(35)34-14-12-28(29,13-15-34)22-10-8-20(18-30)9-11-22/h8-11,16-17,21H,3-7,12-15H2,1-2H3,(H,32,33). The summed E-state index contributed by atoms with van der Waals surface area (Å²) in [5.41, 5.74) is 6.11. The van der Waals surface area contributed by atoms with Crippen LogP contribution in [0.15, 0.2) is 46.5 Å². The van der Waals surface area contributed by atoms with Gasteiger partial charge in [-0.2, -0.15) is 10.4 Å². The van der Waals surface area contributed by atoms with Gasteiger partial charge >= 0.3 is 0 Å². The van der Waals surface area contributed by atoms with Crippen molar-refractivity contribution >= 4 is 18.5 Å². The predicted octanol–water partition coefficient (Wildman–Crippen LogP) is 5.21. The van der Waals surface area contributed by atoms with E-state index in [4.69, 9.17) is 5.26 Å². The summed E-state index contributed by atoms with van der Waals surface area (Å²) in [7, 11) is 0. The molecular weight excluding hydrogens is 441 g/mol. The van der Waals surface area contributed by atoms with Crippen LogP contribution in [0.3, 0.4) is 0 Å². The van der Waals surface area contributed by atoms with Crippen molar-refractivity contribution in [3.8, 4) is 6.07 Å². The number of carbonyl (C=O) groups excluding carboxylic acids is 1. The van der Waals surface area contributed by atoms with Gasteiger partial charge in [0.15, 0.2) is 0 Å². The first-order valence-corrected chi connectivity index (χ1v) is 12.3. The Morgan fingerprint density at radius 1 is 1.23 bits per heavy atom. The van der Waals surface area contributed by atoms with Crippen molar-refractivity contribution in [2.24, 2.45) is 10.1 Å². The van der Waals surface area contributed by atoms with Gasteiger partial charge in [0.2, 0.25) is 0 Å². The van der Waals surface area contributed by atoms with Gasteiger partial charge in [0.25, 0.3) is 5.91 Å². The van der Waals surface area contributed by atoms with Gasteiger partial charge in [-0.05, 0) is 67.5 Å². The van der Waals surface area contributed by atoms with Crippen LogP contribution in [0.4, 0.5) is 4.39 Å². The molecule has 0 bridgehead atoms. The molecule has 0 unspecified atom stereocenters. The number of hydrogen-bond acceptors (Lipinski definition) is 4. The van der Waals surface area contributed by atoms with Crippen molar-refractivity contribution in [1.29, 1.82) is 5.26 Å². The number of hydrogen-bond donors (Lipinski definition) is 1. The van der Waals surface area contributed by atoms with E-state index in [2.05, 4.69) is 34.4 Å². The van der Waals surface area contributed by atoms with Crippen LogP contribution in [-0.4, -0.2) is 43.0 Å². The minimum absolute atomic E-state index is 0.0896. The van der Waals surface area contributed by atoms with Gasteiger partial charge in [0.1, 0.15) is 11.5 Å². The van der Waals surface area contributed by atoms with Crippen molar-refractivity contribution in [2.75, 3.05) is 19.6 Å². The van der Waals surface area contributed by atoms with Crippen molar-refractivity contribution < 1.29 is 9.18 Å². The molecule has 182 valence electrons. The fourth-order valence-electron chi connectivity index (χ4n) is 5.00. The number of nitrogens with one attached hydrogen (secondary N) is 1. The van der Waals surface area contributed by atoms with Crippen LogP contribution in [-0.2, 0) is 5.67 Å². The average molecular weight is 474 g/mol. The minimum Gasteiger partial charge on any atom is -0.338 e. The number of hydrazone groups is 1. The number of amidine groups is 1. The number of aliphatic imine (C=N–C) groups is 1. The van der Waals surface area contributed by atoms with E-state index >= 15 is 4.39 Å². The Morgan fingerprint density at radius 2 is 1.91 bits per heavy atom. The van der Waals surface area contributed by atoms with E-state index in [0.717, 1.165) is 24.0 Å². The van der Waals surface area contributed by atoms with Crippen LogP contribution < -0.4 is 5.43 Å². The third-order valence-corrected chi connectivity index (χ3v) is 7.30. The Kier molecular flexibility index (Phi) is 7.30. The second-order valence-electron chi connectivity index (χ2n) is 9.42. The molecule has 6 nitrogen and oxygen atoms in total. The normalized spacial score (nSPS) is 17.9. The smallest absolute Gasteiger partial charge is 0.254 e. The highest BCUT2D eigenvalue weighted by Crippen LogP contribution is 2.40. The molecule has 7 heteroatoms. The molecule has 4 rings (SSSR count). The fourth-order valence-corrected chi connectivity index (χ4v) is 5.00. The van der Waals surface area contributed by atoms with Crippen LogP contribution in [0.5, 0.6) is 0 Å². The van der Waals surface area contributed by atoms with E-state index in [0.29, 0.717) is 48.1 Å². The zero-order valence-corrected chi connectivity index (χ0v) is 20.5. The average Bonchev–Trinajstić information content (AvgIpc) is 2.83. The maximum Gasteiger partial charge on any atom is 0.254 e. The molecule has 1 saturated heterocycles. The second kappa shape index (κ2) is 10.4. The molecule has 1 N–H and O–H groups in total. The number of nitrogens with zero attached hydrogens (tertiary/aromatic N) is 4. The van der Waals surface area contributed by atoms with E-state index in [1.54, 1.807) is 29.2 Å². The number of rotatable bonds is 6. The van der Waals surface area contributed by atoms with Crippen LogP contribution in [0.1, 0.15) is 83.1 Å². The highest BCUT2D eigenvalue weighted by Gasteiger charge is 2.38. The summed E-state index contributed by atoms with van der Waals surface area (Å²) in [6.07, 6.45) is 3.90. The fraction of sp³-hybridized carbons (Fsp3) is 0.429. The van der Waals surface area contributed by atoms with Gasteiger partial charge in [-0.3, -0.25) is 15.2 Å². The Labute approximate surface area is 206 Å². The van der Waals surface area contributed by atoms with Crippen LogP contribution in [0.25, 0.3) is 0 Å². The lowest BCUT2D eigenvalue weighted by Gasteiger charge is -2.37. The molecule has 1 heterocycles. The number of carbonyl (C=O) groups is 1. The van der Waals surface area contributed by atoms with E-state index in [9.17, 15) is 4.79 Å². The van der Waals surface area contributed by atoms with E-state index in [1.165, 1.54) is 12.0 Å². The maximum absolute atomic E-state index is 15.7. The van der Waals surface area contributed by atoms with Gasteiger partial charge in [-0.1, -0.05) is 24.6 Å². The SMILES string of the molecule is C=NNC(=NCC)c1cc(C(=O)N2CCC(F)(c3ccc(C#N)cc3)CC2)c(C)cc1C1CCC1. The number of alkyl halides is 1. The molecule has 2 fully saturated rings. The van der Waals surface area contributed by atoms with Crippen molar-refractivity contribution in [1.82, 2.24) is 10.3 Å². The quantitative estimate of drug-likeness (QED) is 0.355. The highest BCUT2D eigenvalue weighted by atomic mass is 19.1. The lowest BCUT2D eigenvalue weighted by Crippen LogP contribution is -2.43. The largest absolute Gasteiger partial charge is 0.338 e. The van der Waals surface area contributed by atoms with Gasteiger partial charge in [-0.25, -0.2) is 4.39 Å². The predicted molar refractivity (Wildman–Crippen MR) is 137 cm³/mol. The van der Waals surface area contributed by atoms with E-state index in [-0.39, 0.29) is 18.7 Å². The highest BCUT2D eigenvalue weighted by molar-refractivity contribution is 6.04. The summed E-state index contributed by atoms with van der Waals surface area (Å²) in [6.45, 7) is 8.71. The first-order valence-electron chi connectivity index (χ1n) is 12.3. The molecule has 2 aromatic rings. The summed E-state index contributed by atoms with van der Waals surface area (Å²) in [5.74, 6) is 0.991. The molecule has 1 aliphatic heterocycles. The zero-order chi connectivity index (χ0) is 25.0. The minimum atomic E-state index is -1.50. The summed E-state index contributed by atoms with van der Waals surface area (Å²) >= 11 is 0. The molecule has 2 aliphatic rings. The first-order chi connectivity index (χ1) is 16.9. The topological polar surface area (TPSA) is 80.8 Å². The molecule has 0 aromatic heterocycles. The summed E-state index contributed by atoms with van der Waals surface area (Å²) < 4.78 is 15.7. The van der Waals surface area contributed by atoms with Crippen LogP contribution in [0, 0.1) is 18.3 Å². The van der Waals surface area contributed by atoms with E-state index < -0.39 is 5.67 Å². The molecule has 1 amide bonds. The number of halogens is 1. The Hall–Kier alpha value is -3.53. The Morgan fingerprint density at radius 3 is 2.46 bits per heavy atom. The molecule has 2 aromatic carbocycles. The van der Waals surface area contributed by atoms with Crippen molar-refractivity contribution in [3.63, 3.8) is 0 Å². The second-order valence-corrected chi connectivity index (χ2v) is 9.42. The first kappa shape index (κ1) is 24.6. The molecule has 0 atom stereocenters. The van der Waals surface area contributed by atoms with E-state index in [1.807, 2.05) is 19.9 Å². The van der Waals surface area contributed by atoms with Gasteiger partial charge in [0.05, 0.1) is 11.6 Å². The monoisotopic (exact) mass is 473 g/mol. The molecule has 0 spiro atoms. The van der Waals surface area contributed by atoms with Gasteiger partial charge < -0.3 is 4.90 Å². The zero-order valence-electron chi connectivity index (χ0n) is 20.5. The van der Waals surface area contributed by atoms with Crippen LogP contribution in [0.2, 0.25) is 0 Å². The maximum atomic E-state index is 15.7. The molecular formula is C28H32FN5O. The summed E-state index contributed by atoms with van der Waals surface area (Å²) in [5, 5.41) is 12.8. The van der Waals surface area contributed by atoms with Crippen molar-refractivity contribution in [2.45, 2.75) is 57.5 Å². The molecule has 1 saturated carbocycles. The molecule has 0 radical (unpaired) electrons. The Bertz CT molecular complexity index is 1170. The lowest BCUT2D eigenvalue weighted by molar-refractivity contribution is 0.0421. The van der Waals surface area contributed by atoms with Crippen LogP contribution >= 0.6 is 0 Å². The molecule has 35 heavy (non-hydrogen) atoms. The number of benzene rings is 2. The number of piperidine rings is 1. The number of amides is 1. The third-order valence-electron chi connectivity index (χ3n) is 7.30. The molecule has 1 aliphatic carbocycles.